The Morgan fingerprint density at radius 2 is 0.958 bits per heavy atom. The number of amides is 2. The van der Waals surface area contributed by atoms with Crippen molar-refractivity contribution in [3.63, 3.8) is 0 Å². The molecule has 0 bridgehead atoms. The summed E-state index contributed by atoms with van der Waals surface area (Å²) in [7, 11) is 0. The molecule has 12 nitrogen and oxygen atoms in total. The standard InChI is InChI=1S/2C29H40FN3O3/c2*1-18-12-29(13-18)15-25(23-10-21(14-28(3,4)5)16-32-27(23)36-29)31-17-26(35)24(33-19(2)34)11-20-6-8-22(30)9-7-20/h2*6-10,16,18,24-26,31,35H,11-15,17H2,1-5H3,(H,33,34)/t2*18?,24-,25-,26+,29?/m00/s1. The molecule has 2 fully saturated rings. The third-order valence-corrected chi connectivity index (χ3v) is 14.3. The van der Waals surface area contributed by atoms with Crippen LogP contribution in [-0.4, -0.2) is 80.6 Å². The largest absolute Gasteiger partial charge is 0.471 e. The molecule has 2 aromatic heterocycles. The van der Waals surface area contributed by atoms with Gasteiger partial charge >= 0.3 is 0 Å². The van der Waals surface area contributed by atoms with E-state index in [9.17, 15) is 28.6 Å². The van der Waals surface area contributed by atoms with E-state index in [-0.39, 0.29) is 57.6 Å². The summed E-state index contributed by atoms with van der Waals surface area (Å²) < 4.78 is 39.5. The Morgan fingerprint density at radius 1 is 0.611 bits per heavy atom. The van der Waals surface area contributed by atoms with E-state index in [2.05, 4.69) is 88.8 Å². The summed E-state index contributed by atoms with van der Waals surface area (Å²) >= 11 is 0. The number of aromatic nitrogens is 2. The number of hydrogen-bond acceptors (Lipinski definition) is 10. The van der Waals surface area contributed by atoms with Crippen molar-refractivity contribution in [2.24, 2.45) is 22.7 Å². The number of nitrogens with one attached hydrogen (secondary N) is 4. The highest BCUT2D eigenvalue weighted by Gasteiger charge is 2.51. The summed E-state index contributed by atoms with van der Waals surface area (Å²) in [5.41, 5.74) is 5.96. The molecule has 4 aromatic rings. The molecule has 392 valence electrons. The number of carbonyl (C=O) groups is 2. The Kier molecular flexibility index (Phi) is 17.2. The van der Waals surface area contributed by atoms with E-state index in [1.54, 1.807) is 24.3 Å². The molecule has 14 heteroatoms. The molecule has 72 heavy (non-hydrogen) atoms. The van der Waals surface area contributed by atoms with E-state index < -0.39 is 24.3 Å². The van der Waals surface area contributed by atoms with E-state index in [1.165, 1.54) is 49.2 Å². The van der Waals surface area contributed by atoms with Crippen LogP contribution in [0, 0.1) is 34.3 Å². The molecule has 0 saturated heterocycles. The fraction of sp³-hybridized carbons (Fsp3) is 0.586. The summed E-state index contributed by atoms with van der Waals surface area (Å²) in [6.45, 7) is 21.2. The minimum absolute atomic E-state index is 0.00730. The first kappa shape index (κ1) is 54.7. The topological polar surface area (TPSA) is 167 Å². The van der Waals surface area contributed by atoms with Crippen LogP contribution >= 0.6 is 0 Å². The zero-order valence-corrected chi connectivity index (χ0v) is 44.2. The Labute approximate surface area is 426 Å². The van der Waals surface area contributed by atoms with Crippen LogP contribution in [0.15, 0.2) is 73.1 Å². The highest BCUT2D eigenvalue weighted by atomic mass is 19.1. The van der Waals surface area contributed by atoms with Crippen LogP contribution < -0.4 is 30.7 Å². The lowest BCUT2D eigenvalue weighted by Crippen LogP contribution is -2.54. The number of pyridine rings is 2. The SMILES string of the molecule is CC(=O)N[C@@H](Cc1ccc(F)cc1)[C@H](O)CN[C@H]1CC2(CC(C)C2)Oc2ncc(CC(C)(C)C)cc21.CC(=O)N[C@@H](Cc1ccc(F)cc1)[C@H](O)CN[C@H]1CC2(CC(C)C2)Oc2ncc(CC(C)(C)C)cc21. The van der Waals surface area contributed by atoms with Gasteiger partial charge in [-0.2, -0.15) is 0 Å². The predicted molar refractivity (Wildman–Crippen MR) is 276 cm³/mol. The molecule has 2 aliphatic heterocycles. The number of fused-ring (bicyclic) bond motifs is 2. The average Bonchev–Trinajstić information content (AvgIpc) is 3.26. The average molecular weight is 995 g/mol. The molecule has 2 saturated carbocycles. The molecule has 4 aliphatic rings. The molecular weight excluding hydrogens is 915 g/mol. The van der Waals surface area contributed by atoms with Crippen LogP contribution in [0.2, 0.25) is 0 Å². The molecule has 4 heterocycles. The lowest BCUT2D eigenvalue weighted by molar-refractivity contribution is -0.121. The summed E-state index contributed by atoms with van der Waals surface area (Å²) in [4.78, 5) is 33.1. The van der Waals surface area contributed by atoms with Crippen molar-refractivity contribution in [1.29, 1.82) is 0 Å². The minimum Gasteiger partial charge on any atom is -0.471 e. The maximum atomic E-state index is 13.3. The number of halogens is 2. The van der Waals surface area contributed by atoms with Gasteiger partial charge in [-0.3, -0.25) is 9.59 Å². The van der Waals surface area contributed by atoms with E-state index >= 15 is 0 Å². The fourth-order valence-electron chi connectivity index (χ4n) is 11.5. The van der Waals surface area contributed by atoms with Crippen molar-refractivity contribution in [1.82, 2.24) is 31.2 Å². The predicted octanol–water partition coefficient (Wildman–Crippen LogP) is 9.00. The number of rotatable bonds is 16. The molecule has 6 atom stereocenters. The zero-order chi connectivity index (χ0) is 52.2. The number of benzene rings is 2. The van der Waals surface area contributed by atoms with Gasteiger partial charge in [0.25, 0.3) is 0 Å². The second-order valence-corrected chi connectivity index (χ2v) is 24.3. The number of carbonyl (C=O) groups excluding carboxylic acids is 2. The number of ether oxygens (including phenoxy) is 2. The van der Waals surface area contributed by atoms with Gasteiger partial charge in [-0.1, -0.05) is 79.7 Å². The van der Waals surface area contributed by atoms with Gasteiger partial charge in [0.2, 0.25) is 23.6 Å². The third-order valence-electron chi connectivity index (χ3n) is 14.3. The van der Waals surface area contributed by atoms with Crippen LogP contribution in [0.4, 0.5) is 8.78 Å². The van der Waals surface area contributed by atoms with Crippen LogP contribution in [-0.2, 0) is 35.3 Å². The quantitative estimate of drug-likeness (QED) is 0.0638. The molecule has 2 amide bonds. The third kappa shape index (κ3) is 15.0. The van der Waals surface area contributed by atoms with Gasteiger partial charge in [0.1, 0.15) is 22.8 Å². The monoisotopic (exact) mass is 995 g/mol. The van der Waals surface area contributed by atoms with E-state index in [1.807, 2.05) is 12.4 Å². The zero-order valence-electron chi connectivity index (χ0n) is 44.2. The first-order valence-electron chi connectivity index (χ1n) is 26.0. The first-order chi connectivity index (χ1) is 33.8. The highest BCUT2D eigenvalue weighted by molar-refractivity contribution is 5.73. The molecule has 0 unspecified atom stereocenters. The van der Waals surface area contributed by atoms with Crippen LogP contribution in [0.1, 0.15) is 153 Å². The van der Waals surface area contributed by atoms with Crippen molar-refractivity contribution in [3.8, 4) is 11.8 Å². The summed E-state index contributed by atoms with van der Waals surface area (Å²) in [5, 5.41) is 35.1. The molecule has 2 aromatic carbocycles. The molecule has 2 spiro atoms. The Hall–Kier alpha value is -5.02. The second kappa shape index (κ2) is 22.6. The fourth-order valence-corrected chi connectivity index (χ4v) is 11.5. The van der Waals surface area contributed by atoms with Crippen molar-refractivity contribution in [3.05, 3.63) is 118 Å². The summed E-state index contributed by atoms with van der Waals surface area (Å²) in [5.74, 6) is 1.57. The lowest BCUT2D eigenvalue weighted by atomic mass is 9.67. The maximum Gasteiger partial charge on any atom is 0.218 e. The summed E-state index contributed by atoms with van der Waals surface area (Å²) in [6.07, 6.45) is 10.5. The van der Waals surface area contributed by atoms with Gasteiger partial charge in [-0.15, -0.1) is 0 Å². The number of aliphatic hydroxyl groups excluding tert-OH is 2. The molecule has 0 radical (unpaired) electrons. The maximum absolute atomic E-state index is 13.3. The number of aliphatic hydroxyl groups is 2. The van der Waals surface area contributed by atoms with Gasteiger partial charge in [0.15, 0.2) is 0 Å². The van der Waals surface area contributed by atoms with Gasteiger partial charge in [-0.05, 0) is 133 Å². The van der Waals surface area contributed by atoms with E-state index in [4.69, 9.17) is 19.4 Å². The van der Waals surface area contributed by atoms with Gasteiger partial charge < -0.3 is 41.0 Å². The smallest absolute Gasteiger partial charge is 0.218 e. The van der Waals surface area contributed by atoms with E-state index in [0.29, 0.717) is 49.5 Å². The Morgan fingerprint density at radius 3 is 1.26 bits per heavy atom. The minimum atomic E-state index is -0.827. The van der Waals surface area contributed by atoms with Gasteiger partial charge in [0, 0.05) is 75.4 Å². The molecule has 2 aliphatic carbocycles. The number of nitrogens with zero attached hydrogens (tertiary/aromatic N) is 2. The number of hydrogen-bond donors (Lipinski definition) is 6. The lowest BCUT2D eigenvalue weighted by Gasteiger charge is -2.50. The van der Waals surface area contributed by atoms with Crippen LogP contribution in [0.3, 0.4) is 0 Å². The van der Waals surface area contributed by atoms with Crippen molar-refractivity contribution in [2.75, 3.05) is 13.1 Å². The Balaban J connectivity index is 0.000000211. The highest BCUT2D eigenvalue weighted by Crippen LogP contribution is 2.52. The van der Waals surface area contributed by atoms with Crippen molar-refractivity contribution >= 4 is 11.8 Å². The normalized spacial score (nSPS) is 24.9. The molecular formula is C58H80F2N6O6. The van der Waals surface area contributed by atoms with E-state index in [0.717, 1.165) is 73.6 Å². The first-order valence-corrected chi connectivity index (χ1v) is 26.0. The van der Waals surface area contributed by atoms with Crippen LogP contribution in [0.5, 0.6) is 11.8 Å². The molecule has 8 rings (SSSR count). The second-order valence-electron chi connectivity index (χ2n) is 24.3. The van der Waals surface area contributed by atoms with Crippen molar-refractivity contribution in [2.45, 2.75) is 181 Å². The molecule has 6 N–H and O–H groups in total. The van der Waals surface area contributed by atoms with Gasteiger partial charge in [-0.25, -0.2) is 18.7 Å². The Bertz CT molecular complexity index is 2290. The van der Waals surface area contributed by atoms with Crippen LogP contribution in [0.25, 0.3) is 0 Å². The van der Waals surface area contributed by atoms with Gasteiger partial charge in [0.05, 0.1) is 24.3 Å². The van der Waals surface area contributed by atoms with Crippen molar-refractivity contribution < 1.29 is 38.1 Å². The summed E-state index contributed by atoms with van der Waals surface area (Å²) in [6, 6.07) is 15.7.